The van der Waals surface area contributed by atoms with Gasteiger partial charge in [-0.1, -0.05) is 18.2 Å². The standard InChI is InChI=1S/C23H20N4O4S/c1-27(31-2)23(28)16-8-13-21-20(14-16)22(25-15-24-21)26-17-9-11-19(12-10-17)32(29,30)18-6-4-3-5-7-18/h3-15H,1-2H3,(H,24,25,26). The van der Waals surface area contributed by atoms with Crippen LogP contribution in [0.3, 0.4) is 0 Å². The monoisotopic (exact) mass is 448 g/mol. The van der Waals surface area contributed by atoms with E-state index < -0.39 is 9.84 Å². The zero-order valence-electron chi connectivity index (χ0n) is 17.4. The number of carbonyl (C=O) groups excluding carboxylic acids is 1. The van der Waals surface area contributed by atoms with Crippen molar-refractivity contribution in [2.45, 2.75) is 9.79 Å². The molecule has 1 heterocycles. The van der Waals surface area contributed by atoms with Crippen LogP contribution in [-0.2, 0) is 14.7 Å². The number of rotatable bonds is 6. The lowest BCUT2D eigenvalue weighted by molar-refractivity contribution is -0.0756. The molecule has 4 aromatic rings. The van der Waals surface area contributed by atoms with Gasteiger partial charge in [-0.15, -0.1) is 0 Å². The highest BCUT2D eigenvalue weighted by Gasteiger charge is 2.17. The molecule has 0 saturated carbocycles. The molecule has 1 aromatic heterocycles. The summed E-state index contributed by atoms with van der Waals surface area (Å²) in [6.07, 6.45) is 1.42. The Hall–Kier alpha value is -3.82. The Bertz CT molecular complexity index is 1370. The number of nitrogens with one attached hydrogen (secondary N) is 1. The Morgan fingerprint density at radius 2 is 1.62 bits per heavy atom. The van der Waals surface area contributed by atoms with Gasteiger partial charge in [0.05, 0.1) is 22.4 Å². The van der Waals surface area contributed by atoms with Crippen LogP contribution >= 0.6 is 0 Å². The van der Waals surface area contributed by atoms with Gasteiger partial charge in [0.2, 0.25) is 9.84 Å². The number of hydroxylamine groups is 2. The van der Waals surface area contributed by atoms with E-state index in [4.69, 9.17) is 4.84 Å². The van der Waals surface area contributed by atoms with Crippen LogP contribution in [-0.4, -0.2) is 43.5 Å². The molecule has 0 saturated heterocycles. The largest absolute Gasteiger partial charge is 0.340 e. The van der Waals surface area contributed by atoms with Crippen LogP contribution < -0.4 is 5.32 Å². The highest BCUT2D eigenvalue weighted by molar-refractivity contribution is 7.91. The first-order valence-corrected chi connectivity index (χ1v) is 11.1. The molecule has 0 atom stereocenters. The Morgan fingerprint density at radius 1 is 0.938 bits per heavy atom. The Kier molecular flexibility index (Phi) is 5.85. The van der Waals surface area contributed by atoms with Crippen LogP contribution in [0, 0.1) is 0 Å². The van der Waals surface area contributed by atoms with E-state index in [-0.39, 0.29) is 15.7 Å². The van der Waals surface area contributed by atoms with Gasteiger partial charge >= 0.3 is 0 Å². The molecule has 4 rings (SSSR count). The van der Waals surface area contributed by atoms with Crippen LogP contribution in [0.15, 0.2) is 88.9 Å². The molecule has 3 aromatic carbocycles. The summed E-state index contributed by atoms with van der Waals surface area (Å²) < 4.78 is 25.5. The molecule has 0 aliphatic rings. The molecule has 0 unspecified atom stereocenters. The summed E-state index contributed by atoms with van der Waals surface area (Å²) >= 11 is 0. The fourth-order valence-electron chi connectivity index (χ4n) is 3.14. The number of fused-ring (bicyclic) bond motifs is 1. The van der Waals surface area contributed by atoms with Gasteiger partial charge in [0.1, 0.15) is 12.1 Å². The highest BCUT2D eigenvalue weighted by atomic mass is 32.2. The molecule has 0 fully saturated rings. The van der Waals surface area contributed by atoms with Gasteiger partial charge in [0, 0.05) is 23.7 Å². The van der Waals surface area contributed by atoms with E-state index in [1.807, 2.05) is 0 Å². The Labute approximate surface area is 185 Å². The number of benzene rings is 3. The molecule has 0 aliphatic heterocycles. The first kappa shape index (κ1) is 21.4. The average Bonchev–Trinajstić information content (AvgIpc) is 2.84. The SMILES string of the molecule is CON(C)C(=O)c1ccc2ncnc(Nc3ccc(S(=O)(=O)c4ccccc4)cc3)c2c1. The van der Waals surface area contributed by atoms with Gasteiger partial charge in [-0.2, -0.15) is 0 Å². The summed E-state index contributed by atoms with van der Waals surface area (Å²) in [5.41, 5.74) is 1.72. The first-order chi connectivity index (χ1) is 15.4. The summed E-state index contributed by atoms with van der Waals surface area (Å²) in [7, 11) is -0.657. The summed E-state index contributed by atoms with van der Waals surface area (Å²) in [6, 6.07) is 19.8. The van der Waals surface area contributed by atoms with Crippen molar-refractivity contribution in [2.75, 3.05) is 19.5 Å². The molecule has 1 N–H and O–H groups in total. The smallest absolute Gasteiger partial charge is 0.277 e. The summed E-state index contributed by atoms with van der Waals surface area (Å²) in [6.45, 7) is 0. The lowest BCUT2D eigenvalue weighted by Crippen LogP contribution is -2.25. The molecule has 0 aliphatic carbocycles. The fraction of sp³-hybridized carbons (Fsp3) is 0.0870. The number of aromatic nitrogens is 2. The molecule has 0 radical (unpaired) electrons. The number of hydrogen-bond donors (Lipinski definition) is 1. The van der Waals surface area contributed by atoms with Crippen molar-refractivity contribution in [1.82, 2.24) is 15.0 Å². The topological polar surface area (TPSA) is 101 Å². The molecule has 8 nitrogen and oxygen atoms in total. The minimum Gasteiger partial charge on any atom is -0.340 e. The van der Waals surface area contributed by atoms with Crippen molar-refractivity contribution in [2.24, 2.45) is 0 Å². The summed E-state index contributed by atoms with van der Waals surface area (Å²) in [5, 5.41) is 4.94. The van der Waals surface area contributed by atoms with Gasteiger partial charge < -0.3 is 5.32 Å². The zero-order chi connectivity index (χ0) is 22.7. The molecule has 9 heteroatoms. The van der Waals surface area contributed by atoms with E-state index in [0.29, 0.717) is 28.0 Å². The number of carbonyl (C=O) groups is 1. The van der Waals surface area contributed by atoms with Crippen molar-refractivity contribution in [3.63, 3.8) is 0 Å². The van der Waals surface area contributed by atoms with Gasteiger partial charge in [-0.3, -0.25) is 9.63 Å². The van der Waals surface area contributed by atoms with E-state index >= 15 is 0 Å². The van der Waals surface area contributed by atoms with Crippen LogP contribution in [0.25, 0.3) is 10.9 Å². The maximum absolute atomic E-state index is 12.8. The molecule has 0 bridgehead atoms. The van der Waals surface area contributed by atoms with Crippen molar-refractivity contribution in [3.8, 4) is 0 Å². The van der Waals surface area contributed by atoms with Gasteiger partial charge in [-0.25, -0.2) is 23.4 Å². The summed E-state index contributed by atoms with van der Waals surface area (Å²) in [5.74, 6) is 0.183. The number of nitrogens with zero attached hydrogens (tertiary/aromatic N) is 3. The molecule has 32 heavy (non-hydrogen) atoms. The van der Waals surface area contributed by atoms with E-state index in [0.717, 1.165) is 5.06 Å². The van der Waals surface area contributed by atoms with Gasteiger partial charge in [-0.05, 0) is 54.6 Å². The summed E-state index contributed by atoms with van der Waals surface area (Å²) in [4.78, 5) is 26.3. The van der Waals surface area contributed by atoms with Crippen molar-refractivity contribution >= 4 is 38.2 Å². The maximum Gasteiger partial charge on any atom is 0.277 e. The fourth-order valence-corrected chi connectivity index (χ4v) is 4.43. The second-order valence-corrected chi connectivity index (χ2v) is 8.85. The zero-order valence-corrected chi connectivity index (χ0v) is 18.2. The predicted molar refractivity (Wildman–Crippen MR) is 120 cm³/mol. The van der Waals surface area contributed by atoms with E-state index in [1.165, 1.54) is 32.6 Å². The lowest BCUT2D eigenvalue weighted by atomic mass is 10.1. The molecule has 162 valence electrons. The van der Waals surface area contributed by atoms with Crippen molar-refractivity contribution < 1.29 is 18.0 Å². The average molecular weight is 449 g/mol. The first-order valence-electron chi connectivity index (χ1n) is 9.64. The van der Waals surface area contributed by atoms with Crippen molar-refractivity contribution in [3.05, 3.63) is 84.7 Å². The van der Waals surface area contributed by atoms with Crippen LogP contribution in [0.5, 0.6) is 0 Å². The minimum atomic E-state index is -3.60. The van der Waals surface area contributed by atoms with Gasteiger partial charge in [0.25, 0.3) is 5.91 Å². The third-order valence-electron chi connectivity index (χ3n) is 4.92. The lowest BCUT2D eigenvalue weighted by Gasteiger charge is -2.14. The molecular weight excluding hydrogens is 428 g/mol. The Balaban J connectivity index is 1.64. The number of anilines is 2. The normalized spacial score (nSPS) is 11.3. The number of amides is 1. The second-order valence-electron chi connectivity index (χ2n) is 6.91. The van der Waals surface area contributed by atoms with E-state index in [1.54, 1.807) is 60.7 Å². The van der Waals surface area contributed by atoms with Gasteiger partial charge in [0.15, 0.2) is 0 Å². The third-order valence-corrected chi connectivity index (χ3v) is 6.71. The van der Waals surface area contributed by atoms with E-state index in [2.05, 4.69) is 15.3 Å². The van der Waals surface area contributed by atoms with Crippen LogP contribution in [0.2, 0.25) is 0 Å². The maximum atomic E-state index is 12.8. The highest BCUT2D eigenvalue weighted by Crippen LogP contribution is 2.27. The molecule has 1 amide bonds. The molecule has 0 spiro atoms. The Morgan fingerprint density at radius 3 is 2.31 bits per heavy atom. The van der Waals surface area contributed by atoms with E-state index in [9.17, 15) is 13.2 Å². The van der Waals surface area contributed by atoms with Crippen LogP contribution in [0.1, 0.15) is 10.4 Å². The number of hydrogen-bond acceptors (Lipinski definition) is 7. The number of sulfone groups is 1. The third kappa shape index (κ3) is 4.16. The second kappa shape index (κ2) is 8.74. The quantitative estimate of drug-likeness (QED) is 0.447. The minimum absolute atomic E-state index is 0.192. The molecular formula is C23H20N4O4S. The van der Waals surface area contributed by atoms with Crippen molar-refractivity contribution in [1.29, 1.82) is 0 Å². The predicted octanol–water partition coefficient (Wildman–Crippen LogP) is 3.84. The van der Waals surface area contributed by atoms with Crippen LogP contribution in [0.4, 0.5) is 11.5 Å².